The van der Waals surface area contributed by atoms with E-state index in [1.807, 2.05) is 4.90 Å². The van der Waals surface area contributed by atoms with Gasteiger partial charge in [0.15, 0.2) is 0 Å². The molecule has 0 aromatic heterocycles. The molecule has 0 atom stereocenters. The van der Waals surface area contributed by atoms with Crippen LogP contribution in [-0.2, 0) is 11.0 Å². The maximum atomic E-state index is 13.4. The summed E-state index contributed by atoms with van der Waals surface area (Å²) >= 11 is 0. The Morgan fingerprint density at radius 3 is 2.41 bits per heavy atom. The molecular formula is C19H26F3N5O2. The molecule has 1 aliphatic heterocycles. The first-order valence-corrected chi connectivity index (χ1v) is 9.16. The fraction of sp³-hybridized carbons (Fsp3) is 0.474. The van der Waals surface area contributed by atoms with Crippen molar-refractivity contribution in [3.63, 3.8) is 0 Å². The van der Waals surface area contributed by atoms with Gasteiger partial charge < -0.3 is 20.4 Å². The summed E-state index contributed by atoms with van der Waals surface area (Å²) in [6.07, 6.45) is -3.01. The number of amides is 3. The van der Waals surface area contributed by atoms with Crippen LogP contribution in [0.4, 0.5) is 29.3 Å². The minimum absolute atomic E-state index is 0.140. The Morgan fingerprint density at radius 1 is 1.21 bits per heavy atom. The average Bonchev–Trinajstić information content (AvgIpc) is 2.66. The zero-order valence-corrected chi connectivity index (χ0v) is 16.6. The van der Waals surface area contributed by atoms with Gasteiger partial charge >= 0.3 is 12.2 Å². The highest BCUT2D eigenvalue weighted by Gasteiger charge is 2.35. The first-order chi connectivity index (χ1) is 13.6. The number of halogens is 3. The zero-order chi connectivity index (χ0) is 21.6. The lowest BCUT2D eigenvalue weighted by atomic mass is 10.1. The third-order valence-corrected chi connectivity index (χ3v) is 4.54. The smallest absolute Gasteiger partial charge is 0.378 e. The van der Waals surface area contributed by atoms with E-state index < -0.39 is 17.8 Å². The van der Waals surface area contributed by atoms with Crippen LogP contribution in [-0.4, -0.2) is 75.1 Å². The van der Waals surface area contributed by atoms with Gasteiger partial charge in [0.2, 0.25) is 5.91 Å². The maximum absolute atomic E-state index is 13.4. The molecule has 1 heterocycles. The van der Waals surface area contributed by atoms with Crippen LogP contribution in [0.1, 0.15) is 5.56 Å². The molecule has 1 saturated heterocycles. The molecule has 1 fully saturated rings. The number of carbonyl (C=O) groups excluding carboxylic acids is 2. The second-order valence-corrected chi connectivity index (χ2v) is 6.91. The van der Waals surface area contributed by atoms with Crippen LogP contribution in [0.15, 0.2) is 30.9 Å². The second-order valence-electron chi connectivity index (χ2n) is 6.91. The van der Waals surface area contributed by atoms with Crippen molar-refractivity contribution in [3.8, 4) is 0 Å². The Balaban J connectivity index is 1.98. The average molecular weight is 413 g/mol. The predicted octanol–water partition coefficient (Wildman–Crippen LogP) is 2.22. The number of rotatable bonds is 6. The van der Waals surface area contributed by atoms with Gasteiger partial charge in [-0.15, -0.1) is 6.58 Å². The van der Waals surface area contributed by atoms with Crippen molar-refractivity contribution in [2.24, 2.45) is 0 Å². The minimum atomic E-state index is -4.59. The largest absolute Gasteiger partial charge is 0.418 e. The number of alkyl halides is 3. The number of carbonyl (C=O) groups is 2. The number of piperazine rings is 1. The number of benzene rings is 1. The molecule has 0 radical (unpaired) electrons. The molecule has 1 aromatic rings. The fourth-order valence-corrected chi connectivity index (χ4v) is 2.90. The van der Waals surface area contributed by atoms with E-state index in [1.165, 1.54) is 17.0 Å². The lowest BCUT2D eigenvalue weighted by Crippen LogP contribution is -2.52. The molecular weight excluding hydrogens is 387 g/mol. The number of hydrogen-bond acceptors (Lipinski definition) is 4. The molecule has 0 saturated carbocycles. The Hall–Kier alpha value is -2.75. The highest BCUT2D eigenvalue weighted by Crippen LogP contribution is 2.37. The Labute approximate surface area is 168 Å². The molecule has 1 aromatic carbocycles. The summed E-state index contributed by atoms with van der Waals surface area (Å²) in [4.78, 5) is 29.1. The van der Waals surface area contributed by atoms with Gasteiger partial charge in [0, 0.05) is 52.5 Å². The molecule has 2 N–H and O–H groups in total. The van der Waals surface area contributed by atoms with Crippen LogP contribution in [0.3, 0.4) is 0 Å². The topological polar surface area (TPSA) is 67.9 Å². The molecule has 0 aliphatic carbocycles. The van der Waals surface area contributed by atoms with E-state index in [9.17, 15) is 22.8 Å². The SMILES string of the molecule is C=CCNC(=O)CN1CCN(C(=O)Nc2ccc(N(C)C)cc2C(F)(F)F)CC1. The van der Waals surface area contributed by atoms with Crippen LogP contribution >= 0.6 is 0 Å². The van der Waals surface area contributed by atoms with Crippen molar-refractivity contribution < 1.29 is 22.8 Å². The maximum Gasteiger partial charge on any atom is 0.418 e. The molecule has 29 heavy (non-hydrogen) atoms. The van der Waals surface area contributed by atoms with E-state index in [1.54, 1.807) is 25.1 Å². The first-order valence-electron chi connectivity index (χ1n) is 9.16. The second kappa shape index (κ2) is 9.64. The molecule has 1 aliphatic rings. The Morgan fingerprint density at radius 2 is 1.86 bits per heavy atom. The lowest BCUT2D eigenvalue weighted by Gasteiger charge is -2.34. The lowest BCUT2D eigenvalue weighted by molar-refractivity contribution is -0.136. The molecule has 160 valence electrons. The van der Waals surface area contributed by atoms with Crippen molar-refractivity contribution >= 4 is 23.3 Å². The summed E-state index contributed by atoms with van der Waals surface area (Å²) < 4.78 is 40.2. The first kappa shape index (κ1) is 22.5. The van der Waals surface area contributed by atoms with Gasteiger partial charge in [-0.3, -0.25) is 9.69 Å². The zero-order valence-electron chi connectivity index (χ0n) is 16.6. The summed E-state index contributed by atoms with van der Waals surface area (Å²) in [6.45, 7) is 5.66. The van der Waals surface area contributed by atoms with Crippen molar-refractivity contribution in [1.29, 1.82) is 0 Å². The number of hydrogen-bond donors (Lipinski definition) is 2. The van der Waals surface area contributed by atoms with Crippen molar-refractivity contribution in [3.05, 3.63) is 36.4 Å². The molecule has 10 heteroatoms. The van der Waals surface area contributed by atoms with Crippen molar-refractivity contribution in [2.45, 2.75) is 6.18 Å². The van der Waals surface area contributed by atoms with E-state index >= 15 is 0 Å². The highest BCUT2D eigenvalue weighted by molar-refractivity contribution is 5.90. The van der Waals surface area contributed by atoms with E-state index in [0.717, 1.165) is 6.07 Å². The summed E-state index contributed by atoms with van der Waals surface area (Å²) in [5, 5.41) is 5.05. The van der Waals surface area contributed by atoms with Gasteiger partial charge in [0.1, 0.15) is 0 Å². The fourth-order valence-electron chi connectivity index (χ4n) is 2.90. The van der Waals surface area contributed by atoms with Crippen LogP contribution in [0.2, 0.25) is 0 Å². The number of nitrogens with zero attached hydrogens (tertiary/aromatic N) is 3. The Kier molecular flexibility index (Phi) is 7.49. The third kappa shape index (κ3) is 6.38. The van der Waals surface area contributed by atoms with Crippen LogP contribution in [0, 0.1) is 0 Å². The van der Waals surface area contributed by atoms with Crippen molar-refractivity contribution in [1.82, 2.24) is 15.1 Å². The normalized spacial score (nSPS) is 15.0. The quantitative estimate of drug-likeness (QED) is 0.702. The summed E-state index contributed by atoms with van der Waals surface area (Å²) in [5.41, 5.74) is -0.785. The van der Waals surface area contributed by atoms with E-state index in [-0.39, 0.29) is 18.1 Å². The van der Waals surface area contributed by atoms with Crippen LogP contribution in [0.25, 0.3) is 0 Å². The standard InChI is InChI=1S/C19H26F3N5O2/c1-4-7-23-17(28)13-26-8-10-27(11-9-26)18(29)24-16-6-5-14(25(2)3)12-15(16)19(20,21)22/h4-6,12H,1,7-11,13H2,2-3H3,(H,23,28)(H,24,29). The molecule has 7 nitrogen and oxygen atoms in total. The van der Waals surface area contributed by atoms with Gasteiger partial charge in [-0.05, 0) is 18.2 Å². The van der Waals surface area contributed by atoms with Crippen molar-refractivity contribution in [2.75, 3.05) is 63.6 Å². The van der Waals surface area contributed by atoms with Gasteiger partial charge in [0.05, 0.1) is 17.8 Å². The Bertz CT molecular complexity index is 744. The van der Waals surface area contributed by atoms with Gasteiger partial charge in [-0.25, -0.2) is 4.79 Å². The van der Waals surface area contributed by atoms with Gasteiger partial charge in [-0.1, -0.05) is 6.08 Å². The third-order valence-electron chi connectivity index (χ3n) is 4.54. The van der Waals surface area contributed by atoms with E-state index in [2.05, 4.69) is 17.2 Å². The molecule has 0 bridgehead atoms. The number of anilines is 2. The van der Waals surface area contributed by atoms with Gasteiger partial charge in [0.25, 0.3) is 0 Å². The molecule has 0 unspecified atom stereocenters. The molecule has 2 rings (SSSR count). The van der Waals surface area contributed by atoms with E-state index in [0.29, 0.717) is 38.4 Å². The summed E-state index contributed by atoms with van der Waals surface area (Å²) in [6, 6.07) is 3.19. The number of nitrogens with one attached hydrogen (secondary N) is 2. The number of urea groups is 1. The summed E-state index contributed by atoms with van der Waals surface area (Å²) in [5.74, 6) is -0.140. The summed E-state index contributed by atoms with van der Waals surface area (Å²) in [7, 11) is 3.29. The van der Waals surface area contributed by atoms with Gasteiger partial charge in [-0.2, -0.15) is 13.2 Å². The monoisotopic (exact) mass is 413 g/mol. The minimum Gasteiger partial charge on any atom is -0.378 e. The van der Waals surface area contributed by atoms with Crippen LogP contribution in [0.5, 0.6) is 0 Å². The van der Waals surface area contributed by atoms with Crippen LogP contribution < -0.4 is 15.5 Å². The van der Waals surface area contributed by atoms with E-state index in [4.69, 9.17) is 0 Å². The molecule has 0 spiro atoms. The highest BCUT2D eigenvalue weighted by atomic mass is 19.4. The predicted molar refractivity (Wildman–Crippen MR) is 106 cm³/mol. The molecule has 3 amide bonds.